The van der Waals surface area contributed by atoms with E-state index in [1.54, 1.807) is 48.5 Å². The lowest BCUT2D eigenvalue weighted by Crippen LogP contribution is -2.31. The van der Waals surface area contributed by atoms with Crippen LogP contribution < -0.4 is 16.4 Å². The molecule has 7 heteroatoms. The summed E-state index contributed by atoms with van der Waals surface area (Å²) >= 11 is 0. The Kier molecular flexibility index (Phi) is 6.84. The first-order valence-electron chi connectivity index (χ1n) is 9.86. The molecular weight excluding hydrogens is 368 g/mol. The molecule has 7 nitrogen and oxygen atoms in total. The Morgan fingerprint density at radius 2 is 1.55 bits per heavy atom. The van der Waals surface area contributed by atoms with Gasteiger partial charge in [-0.15, -0.1) is 0 Å². The van der Waals surface area contributed by atoms with E-state index >= 15 is 0 Å². The smallest absolute Gasteiger partial charge is 0.253 e. The van der Waals surface area contributed by atoms with Gasteiger partial charge in [0.2, 0.25) is 11.8 Å². The number of hydrogen-bond donors (Lipinski definition) is 3. The molecule has 0 atom stereocenters. The largest absolute Gasteiger partial charge is 0.376 e. The molecule has 1 fully saturated rings. The third-order valence-electron chi connectivity index (χ3n) is 4.91. The first-order valence-corrected chi connectivity index (χ1v) is 9.86. The number of likely N-dealkylation sites (tertiary alicyclic amines) is 1. The monoisotopic (exact) mass is 394 g/mol. The van der Waals surface area contributed by atoms with Crippen molar-refractivity contribution in [2.75, 3.05) is 30.3 Å². The molecule has 152 valence electrons. The normalized spacial score (nSPS) is 14.0. The molecule has 2 aromatic carbocycles. The van der Waals surface area contributed by atoms with E-state index in [1.165, 1.54) is 12.8 Å². The van der Waals surface area contributed by atoms with Gasteiger partial charge >= 0.3 is 0 Å². The van der Waals surface area contributed by atoms with Crippen LogP contribution in [0.25, 0.3) is 0 Å². The summed E-state index contributed by atoms with van der Waals surface area (Å²) in [4.78, 5) is 37.9. The Hall–Kier alpha value is -3.35. The van der Waals surface area contributed by atoms with Crippen LogP contribution in [0.3, 0.4) is 0 Å². The van der Waals surface area contributed by atoms with Crippen molar-refractivity contribution < 1.29 is 14.4 Å². The number of nitrogens with zero attached hydrogens (tertiary/aromatic N) is 1. The molecule has 2 aromatic rings. The average molecular weight is 394 g/mol. The van der Waals surface area contributed by atoms with Gasteiger partial charge < -0.3 is 21.3 Å². The molecule has 3 amide bonds. The molecule has 1 heterocycles. The quantitative estimate of drug-likeness (QED) is 0.701. The molecule has 0 unspecified atom stereocenters. The molecule has 1 saturated heterocycles. The lowest BCUT2D eigenvalue weighted by Gasteiger charge is -2.20. The van der Waals surface area contributed by atoms with Crippen LogP contribution >= 0.6 is 0 Å². The van der Waals surface area contributed by atoms with Crippen molar-refractivity contribution in [3.63, 3.8) is 0 Å². The van der Waals surface area contributed by atoms with Crippen molar-refractivity contribution in [3.8, 4) is 0 Å². The molecule has 1 aliphatic heterocycles. The Bertz CT molecular complexity index is 872. The third kappa shape index (κ3) is 5.81. The molecule has 3 rings (SSSR count). The maximum Gasteiger partial charge on any atom is 0.253 e. The summed E-state index contributed by atoms with van der Waals surface area (Å²) in [6.07, 6.45) is 4.45. The lowest BCUT2D eigenvalue weighted by molar-refractivity contribution is -0.114. The molecule has 0 aliphatic carbocycles. The zero-order valence-corrected chi connectivity index (χ0v) is 16.3. The second kappa shape index (κ2) is 9.73. The minimum Gasteiger partial charge on any atom is -0.376 e. The Balaban J connectivity index is 1.52. The number of amides is 3. The number of primary amides is 1. The SMILES string of the molecule is NC(=O)c1cccc(NCC(=O)Nc2ccc(C(=O)N3CCCCCC3)cc2)c1. The summed E-state index contributed by atoms with van der Waals surface area (Å²) in [6, 6.07) is 13.6. The van der Waals surface area contributed by atoms with Gasteiger partial charge in [-0.25, -0.2) is 0 Å². The highest BCUT2D eigenvalue weighted by atomic mass is 16.2. The van der Waals surface area contributed by atoms with Gasteiger partial charge in [-0.2, -0.15) is 0 Å². The van der Waals surface area contributed by atoms with E-state index in [2.05, 4.69) is 10.6 Å². The van der Waals surface area contributed by atoms with E-state index in [1.807, 2.05) is 4.90 Å². The fourth-order valence-corrected chi connectivity index (χ4v) is 3.32. The van der Waals surface area contributed by atoms with E-state index in [0.717, 1.165) is 25.9 Å². The van der Waals surface area contributed by atoms with E-state index in [-0.39, 0.29) is 18.4 Å². The van der Waals surface area contributed by atoms with Gasteiger partial charge in [-0.1, -0.05) is 18.9 Å². The summed E-state index contributed by atoms with van der Waals surface area (Å²) in [7, 11) is 0. The molecule has 0 aromatic heterocycles. The zero-order chi connectivity index (χ0) is 20.6. The predicted octanol–water partition coefficient (Wildman–Crippen LogP) is 2.85. The van der Waals surface area contributed by atoms with Crippen LogP contribution in [0, 0.1) is 0 Å². The van der Waals surface area contributed by atoms with Crippen molar-refractivity contribution in [1.82, 2.24) is 4.90 Å². The van der Waals surface area contributed by atoms with Crippen LogP contribution in [-0.4, -0.2) is 42.3 Å². The topological polar surface area (TPSA) is 105 Å². The van der Waals surface area contributed by atoms with Gasteiger partial charge in [-0.3, -0.25) is 14.4 Å². The maximum atomic E-state index is 12.6. The number of nitrogens with two attached hydrogens (primary N) is 1. The fraction of sp³-hybridized carbons (Fsp3) is 0.318. The van der Waals surface area contributed by atoms with E-state index < -0.39 is 5.91 Å². The van der Waals surface area contributed by atoms with Crippen molar-refractivity contribution in [1.29, 1.82) is 0 Å². The minimum atomic E-state index is -0.520. The van der Waals surface area contributed by atoms with Crippen molar-refractivity contribution in [2.45, 2.75) is 25.7 Å². The Morgan fingerprint density at radius 1 is 0.862 bits per heavy atom. The second-order valence-corrected chi connectivity index (χ2v) is 7.13. The first-order chi connectivity index (χ1) is 14.0. The average Bonchev–Trinajstić information content (AvgIpc) is 3.02. The number of anilines is 2. The standard InChI is InChI=1S/C22H26N4O3/c23-21(28)17-6-5-7-19(14-17)24-15-20(27)25-18-10-8-16(9-11-18)22(29)26-12-3-1-2-4-13-26/h5-11,14,24H,1-4,12-13,15H2,(H2,23,28)(H,25,27). The van der Waals surface area contributed by atoms with Crippen molar-refractivity contribution in [3.05, 3.63) is 59.7 Å². The summed E-state index contributed by atoms with van der Waals surface area (Å²) in [5.41, 5.74) is 7.52. The van der Waals surface area contributed by atoms with E-state index in [0.29, 0.717) is 22.5 Å². The minimum absolute atomic E-state index is 0.0384. The van der Waals surface area contributed by atoms with Crippen LogP contribution in [0.15, 0.2) is 48.5 Å². The summed E-state index contributed by atoms with van der Waals surface area (Å²) in [5.74, 6) is -0.713. The van der Waals surface area contributed by atoms with Gasteiger partial charge in [0.15, 0.2) is 0 Å². The molecule has 1 aliphatic rings. The van der Waals surface area contributed by atoms with E-state index in [4.69, 9.17) is 5.73 Å². The highest BCUT2D eigenvalue weighted by molar-refractivity contribution is 5.97. The highest BCUT2D eigenvalue weighted by Gasteiger charge is 2.17. The molecule has 29 heavy (non-hydrogen) atoms. The van der Waals surface area contributed by atoms with Crippen LogP contribution in [0.5, 0.6) is 0 Å². The number of carbonyl (C=O) groups excluding carboxylic acids is 3. The molecule has 4 N–H and O–H groups in total. The number of rotatable bonds is 6. The van der Waals surface area contributed by atoms with Crippen LogP contribution in [0.1, 0.15) is 46.4 Å². The fourth-order valence-electron chi connectivity index (χ4n) is 3.32. The molecule has 0 saturated carbocycles. The third-order valence-corrected chi connectivity index (χ3v) is 4.91. The summed E-state index contributed by atoms with van der Waals surface area (Å²) in [5, 5.41) is 5.75. The number of carbonyl (C=O) groups is 3. The number of benzene rings is 2. The zero-order valence-electron chi connectivity index (χ0n) is 16.3. The van der Waals surface area contributed by atoms with Gasteiger partial charge in [0.05, 0.1) is 6.54 Å². The predicted molar refractivity (Wildman–Crippen MR) is 113 cm³/mol. The van der Waals surface area contributed by atoms with Crippen molar-refractivity contribution >= 4 is 29.1 Å². The van der Waals surface area contributed by atoms with Gasteiger partial charge in [0.1, 0.15) is 0 Å². The molecule has 0 bridgehead atoms. The lowest BCUT2D eigenvalue weighted by atomic mass is 10.1. The maximum absolute atomic E-state index is 12.6. The van der Waals surface area contributed by atoms with Crippen LogP contribution in [-0.2, 0) is 4.79 Å². The van der Waals surface area contributed by atoms with Crippen LogP contribution in [0.2, 0.25) is 0 Å². The molecular formula is C22H26N4O3. The van der Waals surface area contributed by atoms with Gasteiger partial charge in [-0.05, 0) is 55.3 Å². The number of hydrogen-bond acceptors (Lipinski definition) is 4. The Labute approximate surface area is 170 Å². The van der Waals surface area contributed by atoms with E-state index in [9.17, 15) is 14.4 Å². The summed E-state index contributed by atoms with van der Waals surface area (Å²) < 4.78 is 0. The van der Waals surface area contributed by atoms with Gasteiger partial charge in [0, 0.05) is 35.6 Å². The van der Waals surface area contributed by atoms with Gasteiger partial charge in [0.25, 0.3) is 5.91 Å². The highest BCUT2D eigenvalue weighted by Crippen LogP contribution is 2.16. The molecule has 0 radical (unpaired) electrons. The first kappa shape index (κ1) is 20.4. The molecule has 0 spiro atoms. The van der Waals surface area contributed by atoms with Crippen molar-refractivity contribution in [2.24, 2.45) is 5.73 Å². The Morgan fingerprint density at radius 3 is 2.21 bits per heavy atom. The number of nitrogens with one attached hydrogen (secondary N) is 2. The summed E-state index contributed by atoms with van der Waals surface area (Å²) in [6.45, 7) is 1.65. The van der Waals surface area contributed by atoms with Crippen LogP contribution in [0.4, 0.5) is 11.4 Å². The second-order valence-electron chi connectivity index (χ2n) is 7.13.